The molecule has 11 rings (SSSR count). The number of nitrogens with zero attached hydrogens (tertiary/aromatic N) is 2. The Balaban J connectivity index is 1.17. The number of fused-ring (bicyclic) bond motifs is 4. The van der Waals surface area contributed by atoms with Gasteiger partial charge in [0.05, 0.1) is 31.8 Å². The number of hydrogen-bond acceptors (Lipinski definition) is 2. The van der Waals surface area contributed by atoms with Gasteiger partial charge in [0, 0.05) is 33.9 Å². The van der Waals surface area contributed by atoms with Crippen LogP contribution < -0.4 is 4.90 Å². The summed E-state index contributed by atoms with van der Waals surface area (Å²) in [4.78, 5) is 6.29. The van der Waals surface area contributed by atoms with Crippen LogP contribution in [0, 0.1) is 0 Å². The number of benzene rings is 10. The Bertz CT molecular complexity index is 4140. The van der Waals surface area contributed by atoms with Gasteiger partial charge in [-0.3, -0.25) is 4.98 Å². The van der Waals surface area contributed by atoms with Crippen LogP contribution in [-0.2, 0) is 0 Å². The second kappa shape index (κ2) is 15.6. The summed E-state index contributed by atoms with van der Waals surface area (Å²) in [7, 11) is 0. The van der Waals surface area contributed by atoms with E-state index in [1.165, 1.54) is 23.1 Å². The quantitative estimate of drug-likeness (QED) is 0.113. The molecule has 0 atom stereocenters. The van der Waals surface area contributed by atoms with Crippen molar-refractivity contribution >= 4 is 49.5 Å². The van der Waals surface area contributed by atoms with Crippen molar-refractivity contribution in [3.05, 3.63) is 242 Å². The molecule has 0 bridgehead atoms. The fraction of sp³-hybridized carbons (Fsp3) is 0. The van der Waals surface area contributed by atoms with Crippen LogP contribution in [0.25, 0.3) is 88.1 Å². The normalized spacial score (nSPS) is 14.7. The molecule has 0 radical (unpaired) electrons. The molecule has 0 saturated heterocycles. The Hall–Kier alpha value is -8.07. The fourth-order valence-corrected chi connectivity index (χ4v) is 8.27. The Morgan fingerprint density at radius 2 is 0.967 bits per heavy atom. The lowest BCUT2D eigenvalue weighted by atomic mass is 9.84. The minimum atomic E-state index is -0.686. The van der Waals surface area contributed by atoms with Crippen LogP contribution in [0.1, 0.15) is 20.6 Å². The minimum absolute atomic E-state index is 0.0125. The second-order valence-electron chi connectivity index (χ2n) is 14.4. The molecule has 2 heteroatoms. The smallest absolute Gasteiger partial charge is 0.0786 e. The zero-order chi connectivity index (χ0) is 53.6. The standard InChI is InChI=1S/C59H40N2/c1-6-17-41(18-7-1)48-32-37-55(53(39-48)43-19-8-2-9-20-43)61(49-26-14-5-15-27-49)50-33-28-42(29-34-50)47-31-35-51-54(40-47)56(44-21-10-3-11-22-44)52-36-30-46-25-16-38-60-59(46)58(52)57(51)45-23-12-4-13-24-45/h1-40H/i1D,2D,5D,6D,7D,8D,9D,14D,15D,17D,18D,19D,20D,26D,27D. The van der Waals surface area contributed by atoms with Gasteiger partial charge in [-0.15, -0.1) is 0 Å². The highest BCUT2D eigenvalue weighted by Crippen LogP contribution is 2.47. The summed E-state index contributed by atoms with van der Waals surface area (Å²) in [5, 5.41) is 5.00. The zero-order valence-corrected chi connectivity index (χ0v) is 32.3. The van der Waals surface area contributed by atoms with E-state index in [1.807, 2.05) is 66.9 Å². The van der Waals surface area contributed by atoms with E-state index in [-0.39, 0.29) is 39.3 Å². The molecule has 0 fully saturated rings. The summed E-state index contributed by atoms with van der Waals surface area (Å²) in [6, 6.07) is 36.6. The summed E-state index contributed by atoms with van der Waals surface area (Å²) in [5.41, 5.74) is 5.73. The maximum atomic E-state index is 9.26. The average Bonchev–Trinajstić information content (AvgIpc) is 3.45. The van der Waals surface area contributed by atoms with Crippen molar-refractivity contribution in [2.75, 3.05) is 4.90 Å². The highest BCUT2D eigenvalue weighted by molar-refractivity contribution is 6.27. The molecule has 0 N–H and O–H groups in total. The third-order valence-electron chi connectivity index (χ3n) is 10.9. The van der Waals surface area contributed by atoms with E-state index >= 15 is 0 Å². The van der Waals surface area contributed by atoms with Gasteiger partial charge in [0.2, 0.25) is 0 Å². The molecule has 0 unspecified atom stereocenters. The number of hydrogen-bond donors (Lipinski definition) is 0. The fourth-order valence-electron chi connectivity index (χ4n) is 8.27. The molecule has 286 valence electrons. The third-order valence-corrected chi connectivity index (χ3v) is 10.9. The van der Waals surface area contributed by atoms with Crippen molar-refractivity contribution < 1.29 is 20.6 Å². The molecule has 0 aliphatic carbocycles. The molecule has 0 aliphatic heterocycles. The summed E-state index contributed by atoms with van der Waals surface area (Å²) in [6.07, 6.45) is 1.81. The van der Waals surface area contributed by atoms with Gasteiger partial charge >= 0.3 is 0 Å². The Labute approximate surface area is 377 Å². The second-order valence-corrected chi connectivity index (χ2v) is 14.4. The number of rotatable bonds is 8. The van der Waals surface area contributed by atoms with E-state index in [0.717, 1.165) is 65.8 Å². The predicted molar refractivity (Wildman–Crippen MR) is 259 cm³/mol. The van der Waals surface area contributed by atoms with Crippen molar-refractivity contribution in [2.24, 2.45) is 0 Å². The van der Waals surface area contributed by atoms with Gasteiger partial charge in [0.1, 0.15) is 0 Å². The molecule has 1 aromatic heterocycles. The molecular weight excluding hydrogens is 737 g/mol. The number of para-hydroxylation sites is 1. The monoisotopic (exact) mass is 791 g/mol. The maximum Gasteiger partial charge on any atom is 0.0786 e. The predicted octanol–water partition coefficient (Wildman–Crippen LogP) is 16.3. The maximum absolute atomic E-state index is 9.26. The zero-order valence-electron chi connectivity index (χ0n) is 47.3. The van der Waals surface area contributed by atoms with Gasteiger partial charge in [-0.05, 0) is 115 Å². The summed E-state index contributed by atoms with van der Waals surface area (Å²) in [5.74, 6) is 0. The Kier molecular flexibility index (Phi) is 6.01. The number of aromatic nitrogens is 1. The van der Waals surface area contributed by atoms with Gasteiger partial charge in [-0.2, -0.15) is 0 Å². The first kappa shape index (κ1) is 23.5. The minimum Gasteiger partial charge on any atom is -0.310 e. The van der Waals surface area contributed by atoms with Crippen LogP contribution in [0.3, 0.4) is 0 Å². The lowest BCUT2D eigenvalue weighted by Crippen LogP contribution is -2.11. The van der Waals surface area contributed by atoms with E-state index < -0.39 is 90.6 Å². The van der Waals surface area contributed by atoms with Crippen LogP contribution in [0.15, 0.2) is 242 Å². The molecule has 11 aromatic rings. The van der Waals surface area contributed by atoms with Crippen LogP contribution in [-0.4, -0.2) is 4.98 Å². The van der Waals surface area contributed by atoms with E-state index in [1.54, 1.807) is 12.1 Å². The summed E-state index contributed by atoms with van der Waals surface area (Å²) >= 11 is 0. The lowest BCUT2D eigenvalue weighted by molar-refractivity contribution is 1.28. The van der Waals surface area contributed by atoms with Gasteiger partial charge in [0.25, 0.3) is 0 Å². The van der Waals surface area contributed by atoms with Crippen LogP contribution in [0.2, 0.25) is 0 Å². The SMILES string of the molecule is [2H]c1c([2H])c([2H])c(-c2ccc(N(c3ccc(-c4ccc5c(-c6ccccc6)c6c(ccc7cccnc76)c(-c6ccccc6)c5c4)cc3)c3c([2H])c([2H])c([2H])c([2H])c3[2H])c(-c3c([2H])c([2H])c([2H])c([2H])c3[2H])c2)c([2H])c1[2H]. The molecule has 1 heterocycles. The van der Waals surface area contributed by atoms with E-state index in [0.29, 0.717) is 0 Å². The van der Waals surface area contributed by atoms with Crippen molar-refractivity contribution in [1.82, 2.24) is 4.98 Å². The van der Waals surface area contributed by atoms with Crippen LogP contribution >= 0.6 is 0 Å². The average molecular weight is 792 g/mol. The first-order valence-corrected chi connectivity index (χ1v) is 19.6. The highest BCUT2D eigenvalue weighted by atomic mass is 15.1. The molecule has 0 spiro atoms. The van der Waals surface area contributed by atoms with Crippen molar-refractivity contribution in [3.8, 4) is 55.6 Å². The van der Waals surface area contributed by atoms with Crippen molar-refractivity contribution in [1.29, 1.82) is 0 Å². The lowest BCUT2D eigenvalue weighted by Gasteiger charge is -2.28. The Morgan fingerprint density at radius 3 is 1.67 bits per heavy atom. The van der Waals surface area contributed by atoms with E-state index in [9.17, 15) is 2.74 Å². The van der Waals surface area contributed by atoms with Crippen molar-refractivity contribution in [2.45, 2.75) is 0 Å². The number of anilines is 3. The topological polar surface area (TPSA) is 16.1 Å². The molecule has 2 nitrogen and oxygen atoms in total. The highest BCUT2D eigenvalue weighted by Gasteiger charge is 2.21. The summed E-state index contributed by atoms with van der Waals surface area (Å²) < 4.78 is 131. The molecule has 61 heavy (non-hydrogen) atoms. The first-order valence-electron chi connectivity index (χ1n) is 27.1. The van der Waals surface area contributed by atoms with E-state index in [4.69, 9.17) is 22.8 Å². The van der Waals surface area contributed by atoms with Gasteiger partial charge in [0.15, 0.2) is 0 Å². The van der Waals surface area contributed by atoms with E-state index in [2.05, 4.69) is 54.6 Å². The largest absolute Gasteiger partial charge is 0.310 e. The molecule has 0 aliphatic rings. The van der Waals surface area contributed by atoms with Crippen LogP contribution in [0.4, 0.5) is 17.1 Å². The van der Waals surface area contributed by atoms with Crippen LogP contribution in [0.5, 0.6) is 0 Å². The number of pyridine rings is 1. The molecular formula is C59H40N2. The third kappa shape index (κ3) is 6.61. The van der Waals surface area contributed by atoms with Gasteiger partial charge < -0.3 is 4.90 Å². The summed E-state index contributed by atoms with van der Waals surface area (Å²) in [6.45, 7) is 0. The van der Waals surface area contributed by atoms with Crippen molar-refractivity contribution in [3.63, 3.8) is 0 Å². The molecule has 10 aromatic carbocycles. The molecule has 0 saturated carbocycles. The molecule has 0 amide bonds. The Morgan fingerprint density at radius 1 is 0.377 bits per heavy atom. The van der Waals surface area contributed by atoms with Gasteiger partial charge in [-0.25, -0.2) is 0 Å². The van der Waals surface area contributed by atoms with Gasteiger partial charge in [-0.1, -0.05) is 188 Å². The first-order chi connectivity index (χ1) is 36.5.